The molecule has 0 fully saturated rings. The Bertz CT molecular complexity index is 549. The van der Waals surface area contributed by atoms with E-state index >= 15 is 0 Å². The van der Waals surface area contributed by atoms with Crippen molar-refractivity contribution in [2.45, 2.75) is 26.2 Å². The predicted molar refractivity (Wildman–Crippen MR) is 72.2 cm³/mol. The van der Waals surface area contributed by atoms with Crippen LogP contribution in [0.15, 0.2) is 34.9 Å². The van der Waals surface area contributed by atoms with E-state index in [9.17, 15) is 4.79 Å². The topological polar surface area (TPSA) is 81.2 Å². The molecule has 3 N–H and O–H groups in total. The van der Waals surface area contributed by atoms with Gasteiger partial charge in [0, 0.05) is 11.1 Å². The first-order chi connectivity index (χ1) is 9.27. The average Bonchev–Trinajstić information content (AvgIpc) is 2.89. The first-order valence-corrected chi connectivity index (χ1v) is 6.32. The smallest absolute Gasteiger partial charge is 0.287 e. The molecule has 0 aliphatic rings. The van der Waals surface area contributed by atoms with E-state index in [2.05, 4.69) is 17.5 Å². The zero-order valence-electron chi connectivity index (χ0n) is 10.8. The van der Waals surface area contributed by atoms with Crippen molar-refractivity contribution in [3.05, 3.63) is 41.6 Å². The molecule has 1 aromatic carbocycles. The molecule has 100 valence electrons. The lowest BCUT2D eigenvalue weighted by molar-refractivity contribution is 0.0944. The number of unbranched alkanes of at least 4 members (excludes halogenated alkanes) is 1. The van der Waals surface area contributed by atoms with E-state index in [-0.39, 0.29) is 5.69 Å². The fourth-order valence-electron chi connectivity index (χ4n) is 1.96. The van der Waals surface area contributed by atoms with Crippen LogP contribution >= 0.6 is 0 Å². The van der Waals surface area contributed by atoms with Crippen LogP contribution in [-0.2, 0) is 6.42 Å². The predicted octanol–water partition coefficient (Wildman–Crippen LogP) is 2.29. The van der Waals surface area contributed by atoms with Crippen molar-refractivity contribution >= 4 is 5.91 Å². The number of amides is 1. The van der Waals surface area contributed by atoms with Gasteiger partial charge in [-0.25, -0.2) is 5.84 Å². The summed E-state index contributed by atoms with van der Waals surface area (Å²) in [6.45, 7) is 2.10. The van der Waals surface area contributed by atoms with Crippen LogP contribution in [-0.4, -0.2) is 11.1 Å². The van der Waals surface area contributed by atoms with E-state index in [1.165, 1.54) is 0 Å². The molecule has 0 saturated heterocycles. The number of aromatic nitrogens is 1. The van der Waals surface area contributed by atoms with E-state index < -0.39 is 5.91 Å². The Morgan fingerprint density at radius 2 is 2.11 bits per heavy atom. The van der Waals surface area contributed by atoms with Crippen molar-refractivity contribution in [1.29, 1.82) is 0 Å². The molecule has 0 bridgehead atoms. The number of carbonyl (C=O) groups is 1. The molecule has 0 saturated carbocycles. The molecule has 2 rings (SSSR count). The summed E-state index contributed by atoms with van der Waals surface area (Å²) in [5.41, 5.74) is 4.10. The lowest BCUT2D eigenvalue weighted by Crippen LogP contribution is -2.31. The second-order valence-electron chi connectivity index (χ2n) is 4.28. The third-order valence-electron chi connectivity index (χ3n) is 2.95. The Balaban J connectivity index is 2.43. The van der Waals surface area contributed by atoms with Crippen molar-refractivity contribution in [2.75, 3.05) is 0 Å². The van der Waals surface area contributed by atoms with Gasteiger partial charge < -0.3 is 4.52 Å². The Morgan fingerprint density at radius 1 is 1.37 bits per heavy atom. The summed E-state index contributed by atoms with van der Waals surface area (Å²) in [5, 5.41) is 3.85. The monoisotopic (exact) mass is 259 g/mol. The summed E-state index contributed by atoms with van der Waals surface area (Å²) in [6, 6.07) is 9.63. The van der Waals surface area contributed by atoms with Gasteiger partial charge in [0.2, 0.25) is 0 Å². The first-order valence-electron chi connectivity index (χ1n) is 6.32. The molecule has 1 aromatic heterocycles. The number of rotatable bonds is 5. The molecular weight excluding hydrogens is 242 g/mol. The SMILES string of the molecule is CCCCc1c(C(=O)NN)noc1-c1ccccc1. The van der Waals surface area contributed by atoms with Gasteiger partial charge in [0.15, 0.2) is 11.5 Å². The number of nitrogens with one attached hydrogen (secondary N) is 1. The molecule has 19 heavy (non-hydrogen) atoms. The minimum absolute atomic E-state index is 0.273. The Kier molecular flexibility index (Phi) is 4.30. The Hall–Kier alpha value is -2.14. The normalized spacial score (nSPS) is 10.4. The molecule has 2 aromatic rings. The fraction of sp³-hybridized carbons (Fsp3) is 0.286. The highest BCUT2D eigenvalue weighted by Crippen LogP contribution is 2.27. The quantitative estimate of drug-likeness (QED) is 0.490. The highest BCUT2D eigenvalue weighted by Gasteiger charge is 2.21. The number of nitrogens with zero attached hydrogens (tertiary/aromatic N) is 1. The van der Waals surface area contributed by atoms with Gasteiger partial charge in [0.1, 0.15) is 0 Å². The Morgan fingerprint density at radius 3 is 2.74 bits per heavy atom. The molecule has 0 atom stereocenters. The largest absolute Gasteiger partial charge is 0.355 e. The number of hydrogen-bond donors (Lipinski definition) is 2. The van der Waals surface area contributed by atoms with Crippen LogP contribution in [0, 0.1) is 0 Å². The summed E-state index contributed by atoms with van der Waals surface area (Å²) >= 11 is 0. The van der Waals surface area contributed by atoms with Gasteiger partial charge in [-0.3, -0.25) is 10.2 Å². The van der Waals surface area contributed by atoms with Crippen molar-refractivity contribution in [2.24, 2.45) is 5.84 Å². The van der Waals surface area contributed by atoms with Crippen LogP contribution in [0.4, 0.5) is 0 Å². The van der Waals surface area contributed by atoms with Crippen LogP contribution < -0.4 is 11.3 Å². The van der Waals surface area contributed by atoms with Gasteiger partial charge in [-0.2, -0.15) is 0 Å². The van der Waals surface area contributed by atoms with Crippen LogP contribution in [0.2, 0.25) is 0 Å². The zero-order chi connectivity index (χ0) is 13.7. The molecule has 0 radical (unpaired) electrons. The maximum absolute atomic E-state index is 11.7. The summed E-state index contributed by atoms with van der Waals surface area (Å²) < 4.78 is 5.34. The van der Waals surface area contributed by atoms with Crippen molar-refractivity contribution in [3.8, 4) is 11.3 Å². The van der Waals surface area contributed by atoms with Gasteiger partial charge in [0.25, 0.3) is 5.91 Å². The molecule has 5 heteroatoms. The third-order valence-corrected chi connectivity index (χ3v) is 2.95. The van der Waals surface area contributed by atoms with Gasteiger partial charge in [0.05, 0.1) is 0 Å². The fourth-order valence-corrected chi connectivity index (χ4v) is 1.96. The summed E-state index contributed by atoms with van der Waals surface area (Å²) in [6.07, 6.45) is 2.74. The lowest BCUT2D eigenvalue weighted by atomic mass is 10.0. The second-order valence-corrected chi connectivity index (χ2v) is 4.28. The van der Waals surface area contributed by atoms with E-state index in [0.29, 0.717) is 5.76 Å². The maximum atomic E-state index is 11.7. The van der Waals surface area contributed by atoms with Crippen LogP contribution in [0.3, 0.4) is 0 Å². The van der Waals surface area contributed by atoms with Crippen LogP contribution in [0.5, 0.6) is 0 Å². The van der Waals surface area contributed by atoms with Crippen LogP contribution in [0.25, 0.3) is 11.3 Å². The maximum Gasteiger partial charge on any atom is 0.287 e. The van der Waals surface area contributed by atoms with Crippen molar-refractivity contribution in [1.82, 2.24) is 10.6 Å². The number of hydrogen-bond acceptors (Lipinski definition) is 4. The van der Waals surface area contributed by atoms with E-state index in [1.54, 1.807) is 0 Å². The Labute approximate surface area is 111 Å². The number of hydrazine groups is 1. The summed E-state index contributed by atoms with van der Waals surface area (Å²) in [4.78, 5) is 11.7. The van der Waals surface area contributed by atoms with E-state index in [4.69, 9.17) is 10.4 Å². The third kappa shape index (κ3) is 2.82. The first kappa shape index (κ1) is 13.3. The van der Waals surface area contributed by atoms with E-state index in [1.807, 2.05) is 30.3 Å². The second kappa shape index (κ2) is 6.15. The minimum atomic E-state index is -0.419. The molecule has 5 nitrogen and oxygen atoms in total. The molecule has 0 aliphatic carbocycles. The lowest BCUT2D eigenvalue weighted by Gasteiger charge is -2.02. The highest BCUT2D eigenvalue weighted by molar-refractivity contribution is 5.94. The van der Waals surface area contributed by atoms with Crippen molar-refractivity contribution < 1.29 is 9.32 Å². The zero-order valence-corrected chi connectivity index (χ0v) is 10.8. The number of nitrogens with two attached hydrogens (primary N) is 1. The number of carbonyl (C=O) groups excluding carboxylic acids is 1. The minimum Gasteiger partial charge on any atom is -0.355 e. The van der Waals surface area contributed by atoms with Crippen molar-refractivity contribution in [3.63, 3.8) is 0 Å². The number of nitrogen functional groups attached to an aromatic ring is 1. The molecule has 0 unspecified atom stereocenters. The number of benzene rings is 1. The highest BCUT2D eigenvalue weighted by atomic mass is 16.5. The van der Waals surface area contributed by atoms with Gasteiger partial charge in [-0.15, -0.1) is 0 Å². The summed E-state index contributed by atoms with van der Waals surface area (Å²) in [7, 11) is 0. The van der Waals surface area contributed by atoms with Gasteiger partial charge in [-0.1, -0.05) is 48.8 Å². The molecule has 1 amide bonds. The van der Waals surface area contributed by atoms with Gasteiger partial charge >= 0.3 is 0 Å². The molecule has 1 heterocycles. The standard InChI is InChI=1S/C14H17N3O2/c1-2-3-9-11-12(14(18)16-15)17-19-13(11)10-7-5-4-6-8-10/h4-8H,2-3,9,15H2,1H3,(H,16,18). The van der Waals surface area contributed by atoms with E-state index in [0.717, 1.165) is 30.4 Å². The summed E-state index contributed by atoms with van der Waals surface area (Å²) in [5.74, 6) is 5.39. The molecule has 0 aliphatic heterocycles. The van der Waals surface area contributed by atoms with Gasteiger partial charge in [-0.05, 0) is 12.8 Å². The average molecular weight is 259 g/mol. The molecular formula is C14H17N3O2. The van der Waals surface area contributed by atoms with Crippen LogP contribution in [0.1, 0.15) is 35.8 Å². The molecule has 0 spiro atoms.